The number of rotatable bonds is 7. The van der Waals surface area contributed by atoms with Gasteiger partial charge in [-0.05, 0) is 38.1 Å². The lowest BCUT2D eigenvalue weighted by Crippen LogP contribution is -2.33. The summed E-state index contributed by atoms with van der Waals surface area (Å²) >= 11 is 0. The van der Waals surface area contributed by atoms with Gasteiger partial charge in [0.1, 0.15) is 11.8 Å². The number of Topliss-reactive ketones (excluding diaryl/α,β-unsaturated/α-hetero) is 1. The third kappa shape index (κ3) is 5.46. The molecule has 0 spiro atoms. The van der Waals surface area contributed by atoms with E-state index in [0.29, 0.717) is 31.5 Å². The summed E-state index contributed by atoms with van der Waals surface area (Å²) in [5.41, 5.74) is 5.95. The molecular weight excluding hydrogens is 294 g/mol. The molecule has 130 valence electrons. The van der Waals surface area contributed by atoms with Gasteiger partial charge in [-0.15, -0.1) is 0 Å². The first-order chi connectivity index (χ1) is 10.7. The van der Waals surface area contributed by atoms with Crippen molar-refractivity contribution in [1.29, 1.82) is 0 Å². The van der Waals surface area contributed by atoms with Gasteiger partial charge in [0.15, 0.2) is 5.78 Å². The first-order valence-electron chi connectivity index (χ1n) is 8.13. The molecule has 6 heteroatoms. The molecule has 4 N–H and O–H groups in total. The van der Waals surface area contributed by atoms with Gasteiger partial charge in [-0.1, -0.05) is 13.8 Å². The first-order valence-corrected chi connectivity index (χ1v) is 8.13. The number of likely N-dealkylation sites (N-methyl/N-ethyl adjacent to an activating group) is 1. The van der Waals surface area contributed by atoms with Crippen LogP contribution in [0.25, 0.3) is 0 Å². The van der Waals surface area contributed by atoms with Crippen LogP contribution in [0, 0.1) is 5.41 Å². The van der Waals surface area contributed by atoms with Gasteiger partial charge in [0.25, 0.3) is 0 Å². The van der Waals surface area contributed by atoms with Gasteiger partial charge >= 0.3 is 0 Å². The number of nitrogens with two attached hydrogens (primary N) is 1. The Bertz CT molecular complexity index is 521. The van der Waals surface area contributed by atoms with Crippen LogP contribution in [0.1, 0.15) is 52.9 Å². The standard InChI is InChI=1S/C17H29N3O3/c1-11(15-13(21)9-17(2,3)10-14(15)22)20-12(16(23)19-4)7-5-6-8-18/h12,21H,5-10,18H2,1-4H3,(H,19,23). The third-order valence-electron chi connectivity index (χ3n) is 4.04. The van der Waals surface area contributed by atoms with Crippen molar-refractivity contribution in [3.63, 3.8) is 0 Å². The van der Waals surface area contributed by atoms with Gasteiger partial charge < -0.3 is 16.2 Å². The van der Waals surface area contributed by atoms with Gasteiger partial charge in [0.2, 0.25) is 5.91 Å². The number of hydrogen-bond donors (Lipinski definition) is 3. The van der Waals surface area contributed by atoms with E-state index in [1.54, 1.807) is 14.0 Å². The van der Waals surface area contributed by atoms with Crippen LogP contribution in [-0.2, 0) is 9.59 Å². The summed E-state index contributed by atoms with van der Waals surface area (Å²) in [4.78, 5) is 28.7. The summed E-state index contributed by atoms with van der Waals surface area (Å²) < 4.78 is 0. The van der Waals surface area contributed by atoms with Crippen LogP contribution in [0.2, 0.25) is 0 Å². The van der Waals surface area contributed by atoms with Crippen molar-refractivity contribution in [3.05, 3.63) is 11.3 Å². The Hall–Kier alpha value is -1.69. The maximum atomic E-state index is 12.3. The number of nitrogens with zero attached hydrogens (tertiary/aromatic N) is 1. The SMILES string of the molecule is CNC(=O)C(CCCCN)N=C(C)C1=C(O)CC(C)(C)CC1=O. The predicted octanol–water partition coefficient (Wildman–Crippen LogP) is 1.89. The molecular formula is C17H29N3O3. The molecule has 0 saturated heterocycles. The molecule has 0 fully saturated rings. The number of aliphatic hydroxyl groups excluding tert-OH is 1. The van der Waals surface area contributed by atoms with Crippen molar-refractivity contribution in [2.75, 3.05) is 13.6 Å². The molecule has 1 atom stereocenters. The van der Waals surface area contributed by atoms with Crippen molar-refractivity contribution < 1.29 is 14.7 Å². The Morgan fingerprint density at radius 3 is 2.57 bits per heavy atom. The molecule has 0 aromatic rings. The topological polar surface area (TPSA) is 105 Å². The van der Waals surface area contributed by atoms with E-state index in [4.69, 9.17) is 5.73 Å². The van der Waals surface area contributed by atoms with Gasteiger partial charge in [0.05, 0.1) is 5.57 Å². The van der Waals surface area contributed by atoms with E-state index < -0.39 is 6.04 Å². The van der Waals surface area contributed by atoms with E-state index >= 15 is 0 Å². The fourth-order valence-corrected chi connectivity index (χ4v) is 2.90. The monoisotopic (exact) mass is 323 g/mol. The molecule has 6 nitrogen and oxygen atoms in total. The Kier molecular flexibility index (Phi) is 6.94. The minimum Gasteiger partial charge on any atom is -0.511 e. The van der Waals surface area contributed by atoms with E-state index in [1.165, 1.54) is 0 Å². The van der Waals surface area contributed by atoms with E-state index in [1.807, 2.05) is 13.8 Å². The van der Waals surface area contributed by atoms with E-state index in [2.05, 4.69) is 10.3 Å². The Morgan fingerprint density at radius 2 is 2.04 bits per heavy atom. The fraction of sp³-hybridized carbons (Fsp3) is 0.706. The largest absolute Gasteiger partial charge is 0.511 e. The van der Waals surface area contributed by atoms with Crippen LogP contribution < -0.4 is 11.1 Å². The lowest BCUT2D eigenvalue weighted by molar-refractivity contribution is -0.122. The smallest absolute Gasteiger partial charge is 0.244 e. The number of amides is 1. The quantitative estimate of drug-likeness (QED) is 0.491. The number of aliphatic imine (C=N–C) groups is 1. The number of carbonyl (C=O) groups excluding carboxylic acids is 2. The van der Waals surface area contributed by atoms with Crippen molar-refractivity contribution in [3.8, 4) is 0 Å². The minimum atomic E-state index is -0.561. The second-order valence-electron chi connectivity index (χ2n) is 6.89. The number of hydrogen-bond acceptors (Lipinski definition) is 5. The summed E-state index contributed by atoms with van der Waals surface area (Å²) in [5, 5.41) is 12.8. The zero-order valence-corrected chi connectivity index (χ0v) is 14.6. The van der Waals surface area contributed by atoms with Crippen molar-refractivity contribution >= 4 is 17.4 Å². The third-order valence-corrected chi connectivity index (χ3v) is 4.04. The van der Waals surface area contributed by atoms with Crippen molar-refractivity contribution in [2.45, 2.75) is 58.9 Å². The van der Waals surface area contributed by atoms with Gasteiger partial charge in [0, 0.05) is 25.6 Å². The van der Waals surface area contributed by atoms with Crippen LogP contribution in [0.4, 0.5) is 0 Å². The van der Waals surface area contributed by atoms with E-state index in [9.17, 15) is 14.7 Å². The lowest BCUT2D eigenvalue weighted by Gasteiger charge is -2.29. The molecule has 1 unspecified atom stereocenters. The second kappa shape index (κ2) is 8.24. The molecule has 0 bridgehead atoms. The molecule has 0 aromatic heterocycles. The number of allylic oxidation sites excluding steroid dienone is 2. The maximum absolute atomic E-state index is 12.3. The Morgan fingerprint density at radius 1 is 1.39 bits per heavy atom. The highest BCUT2D eigenvalue weighted by atomic mass is 16.3. The van der Waals surface area contributed by atoms with Crippen LogP contribution in [-0.4, -0.2) is 42.1 Å². The van der Waals surface area contributed by atoms with Crippen LogP contribution in [0.15, 0.2) is 16.3 Å². The average molecular weight is 323 g/mol. The lowest BCUT2D eigenvalue weighted by atomic mass is 9.75. The molecule has 0 heterocycles. The molecule has 1 rings (SSSR count). The summed E-state index contributed by atoms with van der Waals surface area (Å²) in [6.07, 6.45) is 3.00. The number of carbonyl (C=O) groups is 2. The fourth-order valence-electron chi connectivity index (χ4n) is 2.90. The summed E-state index contributed by atoms with van der Waals surface area (Å²) in [6.45, 7) is 6.15. The van der Waals surface area contributed by atoms with Gasteiger partial charge in [-0.3, -0.25) is 14.6 Å². The highest BCUT2D eigenvalue weighted by Gasteiger charge is 2.34. The van der Waals surface area contributed by atoms with Crippen LogP contribution in [0.3, 0.4) is 0 Å². The van der Waals surface area contributed by atoms with Gasteiger partial charge in [-0.2, -0.15) is 0 Å². The summed E-state index contributed by atoms with van der Waals surface area (Å²) in [5.74, 6) is -0.229. The zero-order valence-electron chi connectivity index (χ0n) is 14.6. The van der Waals surface area contributed by atoms with E-state index in [0.717, 1.165) is 12.8 Å². The molecule has 1 amide bonds. The van der Waals surface area contributed by atoms with Crippen molar-refractivity contribution in [1.82, 2.24) is 5.32 Å². The second-order valence-corrected chi connectivity index (χ2v) is 6.89. The highest BCUT2D eigenvalue weighted by molar-refractivity contribution is 6.22. The van der Waals surface area contributed by atoms with Gasteiger partial charge in [-0.25, -0.2) is 0 Å². The molecule has 1 aliphatic rings. The summed E-state index contributed by atoms with van der Waals surface area (Å²) in [7, 11) is 1.56. The molecule has 0 saturated carbocycles. The molecule has 0 aliphatic heterocycles. The first kappa shape index (κ1) is 19.4. The normalized spacial score (nSPS) is 19.7. The van der Waals surface area contributed by atoms with E-state index in [-0.39, 0.29) is 28.4 Å². The number of aliphatic hydroxyl groups is 1. The predicted molar refractivity (Wildman–Crippen MR) is 91.5 cm³/mol. The molecule has 0 radical (unpaired) electrons. The molecule has 0 aromatic carbocycles. The Balaban J connectivity index is 3.02. The van der Waals surface area contributed by atoms with Crippen LogP contribution in [0.5, 0.6) is 0 Å². The molecule has 1 aliphatic carbocycles. The minimum absolute atomic E-state index is 0.0742. The number of ketones is 1. The highest BCUT2D eigenvalue weighted by Crippen LogP contribution is 2.36. The maximum Gasteiger partial charge on any atom is 0.244 e. The van der Waals surface area contributed by atoms with Crippen LogP contribution >= 0.6 is 0 Å². The van der Waals surface area contributed by atoms with Crippen molar-refractivity contribution in [2.24, 2.45) is 16.1 Å². The average Bonchev–Trinajstić information content (AvgIpc) is 2.43. The Labute approximate surface area is 138 Å². The zero-order chi connectivity index (χ0) is 17.6. The number of unbranched alkanes of at least 4 members (excludes halogenated alkanes) is 1. The summed E-state index contributed by atoms with van der Waals surface area (Å²) in [6, 6.07) is -0.561. The number of nitrogens with one attached hydrogen (secondary N) is 1. The molecule has 23 heavy (non-hydrogen) atoms.